The van der Waals surface area contributed by atoms with Crippen molar-refractivity contribution in [2.24, 2.45) is 0 Å². The van der Waals surface area contributed by atoms with Gasteiger partial charge in [-0.1, -0.05) is 0 Å². The number of hydrogen-bond acceptors (Lipinski definition) is 3. The van der Waals surface area contributed by atoms with Gasteiger partial charge in [0.15, 0.2) is 0 Å². The Labute approximate surface area is 177 Å². The molecule has 10 heteroatoms. The van der Waals surface area contributed by atoms with Crippen LogP contribution in [0.25, 0.3) is 0 Å². The van der Waals surface area contributed by atoms with Gasteiger partial charge < -0.3 is 0 Å². The van der Waals surface area contributed by atoms with Crippen molar-refractivity contribution in [2.75, 3.05) is 0 Å². The molecule has 0 bridgehead atoms. The van der Waals surface area contributed by atoms with Crippen molar-refractivity contribution in [3.63, 3.8) is 0 Å². The molecular weight excluding hydrogens is 703 g/mol. The molecule has 120 valence electrons. The molecule has 2 aromatic carbocycles. The monoisotopic (exact) mass is 704 g/mol. The van der Waals surface area contributed by atoms with Crippen molar-refractivity contribution in [2.45, 2.75) is 0 Å². The van der Waals surface area contributed by atoms with Crippen LogP contribution in [-0.4, -0.2) is 14.7 Å². The van der Waals surface area contributed by atoms with Gasteiger partial charge in [-0.05, 0) is 0 Å². The van der Waals surface area contributed by atoms with Gasteiger partial charge in [0.05, 0.1) is 0 Å². The predicted molar refractivity (Wildman–Crippen MR) is 112 cm³/mol. The molecule has 3 nitrogen and oxygen atoms in total. The van der Waals surface area contributed by atoms with E-state index >= 15 is 0 Å². The SMILES string of the molecule is OP(O)(O)(c1ccc(Br)c(Br)c1Br)c1ccc(Br)c(Br)c1Br. The van der Waals surface area contributed by atoms with E-state index in [1.54, 1.807) is 12.1 Å². The minimum atomic E-state index is -5.34. The van der Waals surface area contributed by atoms with E-state index in [0.717, 1.165) is 0 Å². The summed E-state index contributed by atoms with van der Waals surface area (Å²) in [5, 5.41) is -0.00741. The van der Waals surface area contributed by atoms with Crippen LogP contribution in [0, 0.1) is 0 Å². The fraction of sp³-hybridized carbons (Fsp3) is 0. The summed E-state index contributed by atoms with van der Waals surface area (Å²) in [4.78, 5) is 32.5. The van der Waals surface area contributed by atoms with Gasteiger partial charge in [0.2, 0.25) is 0 Å². The Balaban J connectivity index is 2.82. The Bertz CT molecular complexity index is 710. The molecule has 0 saturated carbocycles. The standard InChI is InChI=1S/C12H7Br6O3P/c13-5-1-3-7(11(17)9(5)15)22(19,20,21)8-4-2-6(14)10(16)12(8)18/h1-4,19-21H. The van der Waals surface area contributed by atoms with Crippen molar-refractivity contribution >= 4 is 113 Å². The Hall–Kier alpha value is 1.63. The molecule has 0 aliphatic carbocycles. The Kier molecular flexibility index (Phi) is 6.11. The minimum absolute atomic E-state index is 0.00371. The summed E-state index contributed by atoms with van der Waals surface area (Å²) in [6.45, 7) is 0. The first-order valence-corrected chi connectivity index (χ1v) is 12.4. The second-order valence-corrected chi connectivity index (χ2v) is 12.2. The van der Waals surface area contributed by atoms with Crippen LogP contribution < -0.4 is 10.6 Å². The fourth-order valence-electron chi connectivity index (χ4n) is 1.80. The average Bonchev–Trinajstić information content (AvgIpc) is 2.41. The third-order valence-corrected chi connectivity index (χ3v) is 12.8. The molecule has 22 heavy (non-hydrogen) atoms. The van der Waals surface area contributed by atoms with Gasteiger partial charge in [-0.2, -0.15) is 0 Å². The summed E-state index contributed by atoms with van der Waals surface area (Å²) >= 11 is 19.9. The van der Waals surface area contributed by atoms with E-state index in [1.165, 1.54) is 12.1 Å². The van der Waals surface area contributed by atoms with E-state index in [0.29, 0.717) is 26.8 Å². The number of halogens is 6. The van der Waals surface area contributed by atoms with Crippen LogP contribution in [0.1, 0.15) is 0 Å². The second kappa shape index (κ2) is 6.74. The summed E-state index contributed by atoms with van der Waals surface area (Å²) in [6.07, 6.45) is 0. The van der Waals surface area contributed by atoms with Gasteiger partial charge in [-0.3, -0.25) is 0 Å². The van der Waals surface area contributed by atoms with Gasteiger partial charge in [0.25, 0.3) is 0 Å². The van der Waals surface area contributed by atoms with E-state index in [2.05, 4.69) is 95.6 Å². The Morgan fingerprint density at radius 1 is 0.545 bits per heavy atom. The molecule has 0 atom stereocenters. The molecule has 0 unspecified atom stereocenters. The van der Waals surface area contributed by atoms with Gasteiger partial charge in [-0.15, -0.1) is 0 Å². The average molecular weight is 710 g/mol. The Morgan fingerprint density at radius 2 is 0.864 bits per heavy atom. The maximum absolute atomic E-state index is 10.8. The van der Waals surface area contributed by atoms with Gasteiger partial charge in [0.1, 0.15) is 0 Å². The van der Waals surface area contributed by atoms with Crippen LogP contribution >= 0.6 is 103 Å². The van der Waals surface area contributed by atoms with Gasteiger partial charge in [-0.25, -0.2) is 0 Å². The molecule has 2 rings (SSSR count). The van der Waals surface area contributed by atoms with Crippen molar-refractivity contribution in [1.29, 1.82) is 0 Å². The van der Waals surface area contributed by atoms with Crippen LogP contribution in [0.4, 0.5) is 0 Å². The van der Waals surface area contributed by atoms with Crippen LogP contribution in [0.15, 0.2) is 51.1 Å². The molecule has 0 radical (unpaired) electrons. The number of benzene rings is 2. The molecule has 0 spiro atoms. The molecule has 0 saturated heterocycles. The van der Waals surface area contributed by atoms with Crippen molar-refractivity contribution in [3.05, 3.63) is 51.1 Å². The van der Waals surface area contributed by atoms with Crippen molar-refractivity contribution < 1.29 is 14.7 Å². The van der Waals surface area contributed by atoms with Crippen LogP contribution in [0.3, 0.4) is 0 Å². The molecule has 0 aliphatic heterocycles. The predicted octanol–water partition coefficient (Wildman–Crippen LogP) is 5.49. The second-order valence-electron chi connectivity index (χ2n) is 4.37. The van der Waals surface area contributed by atoms with Crippen LogP contribution in [-0.2, 0) is 0 Å². The zero-order chi connectivity index (χ0) is 16.9. The van der Waals surface area contributed by atoms with Crippen molar-refractivity contribution in [1.82, 2.24) is 0 Å². The van der Waals surface area contributed by atoms with E-state index < -0.39 is 7.28 Å². The van der Waals surface area contributed by atoms with E-state index in [-0.39, 0.29) is 10.6 Å². The zero-order valence-corrected chi connectivity index (χ0v) is 20.8. The first-order valence-electron chi connectivity index (χ1n) is 5.50. The first-order chi connectivity index (χ1) is 9.96. The summed E-state index contributed by atoms with van der Waals surface area (Å²) in [5.74, 6) is 0. The molecule has 3 N–H and O–H groups in total. The molecule has 2 aromatic rings. The van der Waals surface area contributed by atoms with Crippen LogP contribution in [0.2, 0.25) is 0 Å². The molecule has 0 aliphatic rings. The normalized spacial score (nSPS) is 13.8. The Morgan fingerprint density at radius 3 is 1.18 bits per heavy atom. The molecular formula is C12H7Br6O3P. The van der Waals surface area contributed by atoms with Crippen LogP contribution in [0.5, 0.6) is 0 Å². The first kappa shape index (κ1) is 19.9. The van der Waals surface area contributed by atoms with E-state index in [9.17, 15) is 14.7 Å². The summed E-state index contributed by atoms with van der Waals surface area (Å²) in [7, 11) is -5.34. The molecule has 0 aromatic heterocycles. The van der Waals surface area contributed by atoms with Crippen molar-refractivity contribution in [3.8, 4) is 0 Å². The quantitative estimate of drug-likeness (QED) is 0.286. The summed E-state index contributed by atoms with van der Waals surface area (Å²) in [6, 6.07) is 6.16. The summed E-state index contributed by atoms with van der Waals surface area (Å²) < 4.78 is 3.29. The maximum atomic E-state index is 10.8. The third kappa shape index (κ3) is 3.45. The topological polar surface area (TPSA) is 60.7 Å². The molecule has 0 fully saturated rings. The van der Waals surface area contributed by atoms with Gasteiger partial charge >= 0.3 is 179 Å². The molecule has 0 heterocycles. The summed E-state index contributed by atoms with van der Waals surface area (Å²) in [5.41, 5.74) is 0. The zero-order valence-electron chi connectivity index (χ0n) is 10.4. The van der Waals surface area contributed by atoms with E-state index in [4.69, 9.17) is 0 Å². The van der Waals surface area contributed by atoms with Gasteiger partial charge in [0, 0.05) is 0 Å². The fourth-order valence-corrected chi connectivity index (χ4v) is 8.54. The van der Waals surface area contributed by atoms with E-state index in [1.807, 2.05) is 0 Å². The number of hydrogen-bond donors (Lipinski definition) is 3. The number of rotatable bonds is 2. The third-order valence-electron chi connectivity index (χ3n) is 2.92. The molecule has 0 amide bonds.